The second-order valence-electron chi connectivity index (χ2n) is 8.98. The predicted molar refractivity (Wildman–Crippen MR) is 125 cm³/mol. The molecular weight excluding hydrogens is 390 g/mol. The van der Waals surface area contributed by atoms with Gasteiger partial charge in [0.1, 0.15) is 18.0 Å². The summed E-state index contributed by atoms with van der Waals surface area (Å²) in [5.41, 5.74) is 2.00. The summed E-state index contributed by atoms with van der Waals surface area (Å²) in [7, 11) is 0. The molecule has 0 spiro atoms. The van der Waals surface area contributed by atoms with Gasteiger partial charge in [0.25, 0.3) is 0 Å². The number of hydrogen-bond donors (Lipinski definition) is 2. The molecular formula is C25H35N3O3. The summed E-state index contributed by atoms with van der Waals surface area (Å²) in [6, 6.07) is 19.2. The van der Waals surface area contributed by atoms with Crippen molar-refractivity contribution < 1.29 is 14.3 Å². The highest BCUT2D eigenvalue weighted by atomic mass is 16.6. The molecule has 0 atom stereocenters. The standard InChI is InChI=1S/C25H35N3O3/c1-25(2,3)31-24(29)26-15-18-30-23-11-9-21(10-12-23)27-22-13-16-28(17-14-22)19-20-7-5-4-6-8-20/h4-12,22,27H,13-19H2,1-3H3,(H,26,29). The second-order valence-corrected chi connectivity index (χ2v) is 8.98. The topological polar surface area (TPSA) is 62.8 Å². The number of ether oxygens (including phenoxy) is 2. The van der Waals surface area contributed by atoms with E-state index in [4.69, 9.17) is 9.47 Å². The zero-order valence-electron chi connectivity index (χ0n) is 18.9. The fourth-order valence-electron chi connectivity index (χ4n) is 3.60. The Kier molecular flexibility index (Phi) is 8.18. The van der Waals surface area contributed by atoms with Crippen LogP contribution in [0.5, 0.6) is 5.75 Å². The van der Waals surface area contributed by atoms with Crippen molar-refractivity contribution in [1.82, 2.24) is 10.2 Å². The molecule has 1 saturated heterocycles. The average molecular weight is 426 g/mol. The number of piperidine rings is 1. The third-order valence-electron chi connectivity index (χ3n) is 5.10. The van der Waals surface area contributed by atoms with Crippen LogP contribution >= 0.6 is 0 Å². The summed E-state index contributed by atoms with van der Waals surface area (Å²) in [6.45, 7) is 9.56. The molecule has 0 aromatic heterocycles. The van der Waals surface area contributed by atoms with Crippen molar-refractivity contribution in [3.63, 3.8) is 0 Å². The van der Waals surface area contributed by atoms with Crippen LogP contribution in [0, 0.1) is 0 Å². The number of carbonyl (C=O) groups excluding carboxylic acids is 1. The molecule has 3 rings (SSSR count). The van der Waals surface area contributed by atoms with Gasteiger partial charge < -0.3 is 20.1 Å². The van der Waals surface area contributed by atoms with Gasteiger partial charge in [-0.25, -0.2) is 4.79 Å². The van der Waals surface area contributed by atoms with Gasteiger partial charge >= 0.3 is 6.09 Å². The van der Waals surface area contributed by atoms with Crippen molar-refractivity contribution in [2.75, 3.05) is 31.6 Å². The van der Waals surface area contributed by atoms with Crippen LogP contribution in [-0.4, -0.2) is 48.9 Å². The Labute approximate surface area is 185 Å². The van der Waals surface area contributed by atoms with E-state index in [1.54, 1.807) is 0 Å². The number of rotatable bonds is 8. The van der Waals surface area contributed by atoms with Crippen LogP contribution in [-0.2, 0) is 11.3 Å². The van der Waals surface area contributed by atoms with Gasteiger partial charge in [-0.1, -0.05) is 30.3 Å². The monoisotopic (exact) mass is 425 g/mol. The van der Waals surface area contributed by atoms with Gasteiger partial charge in [0, 0.05) is 31.4 Å². The summed E-state index contributed by atoms with van der Waals surface area (Å²) >= 11 is 0. The molecule has 6 nitrogen and oxygen atoms in total. The van der Waals surface area contributed by atoms with Crippen molar-refractivity contribution in [1.29, 1.82) is 0 Å². The maximum Gasteiger partial charge on any atom is 0.407 e. The summed E-state index contributed by atoms with van der Waals surface area (Å²) in [4.78, 5) is 14.1. The van der Waals surface area contributed by atoms with Gasteiger partial charge in [0.2, 0.25) is 0 Å². The summed E-state index contributed by atoms with van der Waals surface area (Å²) in [5, 5.41) is 6.33. The number of anilines is 1. The minimum Gasteiger partial charge on any atom is -0.492 e. The molecule has 1 aliphatic heterocycles. The fourth-order valence-corrected chi connectivity index (χ4v) is 3.60. The highest BCUT2D eigenvalue weighted by molar-refractivity contribution is 5.67. The number of benzene rings is 2. The predicted octanol–water partition coefficient (Wildman–Crippen LogP) is 4.67. The van der Waals surface area contributed by atoms with Crippen LogP contribution < -0.4 is 15.4 Å². The first-order chi connectivity index (χ1) is 14.9. The lowest BCUT2D eigenvalue weighted by molar-refractivity contribution is 0.0520. The molecule has 1 heterocycles. The zero-order valence-corrected chi connectivity index (χ0v) is 18.9. The fraction of sp³-hybridized carbons (Fsp3) is 0.480. The van der Waals surface area contributed by atoms with E-state index < -0.39 is 11.7 Å². The van der Waals surface area contributed by atoms with Crippen LogP contribution in [0.3, 0.4) is 0 Å². The van der Waals surface area contributed by atoms with Crippen molar-refractivity contribution >= 4 is 11.8 Å². The molecule has 0 bridgehead atoms. The minimum absolute atomic E-state index is 0.395. The van der Waals surface area contributed by atoms with Crippen LogP contribution in [0.2, 0.25) is 0 Å². The van der Waals surface area contributed by atoms with Crippen molar-refractivity contribution in [2.24, 2.45) is 0 Å². The van der Waals surface area contributed by atoms with Gasteiger partial charge in [-0.2, -0.15) is 0 Å². The van der Waals surface area contributed by atoms with Gasteiger partial charge in [0.05, 0.1) is 6.54 Å². The number of amides is 1. The van der Waals surface area contributed by atoms with Crippen LogP contribution in [0.4, 0.5) is 10.5 Å². The Hall–Kier alpha value is -2.73. The molecule has 1 fully saturated rings. The Balaban J connectivity index is 1.33. The van der Waals surface area contributed by atoms with E-state index in [9.17, 15) is 4.79 Å². The van der Waals surface area contributed by atoms with E-state index in [1.165, 1.54) is 5.56 Å². The van der Waals surface area contributed by atoms with Crippen molar-refractivity contribution in [3.05, 3.63) is 60.2 Å². The van der Waals surface area contributed by atoms with E-state index in [1.807, 2.05) is 45.0 Å². The van der Waals surface area contributed by atoms with Gasteiger partial charge in [-0.15, -0.1) is 0 Å². The quantitative estimate of drug-likeness (QED) is 0.602. The largest absolute Gasteiger partial charge is 0.492 e. The van der Waals surface area contributed by atoms with Gasteiger partial charge in [-0.05, 0) is 63.4 Å². The maximum atomic E-state index is 11.6. The van der Waals surface area contributed by atoms with Crippen molar-refractivity contribution in [3.8, 4) is 5.75 Å². The molecule has 2 aromatic carbocycles. The normalized spacial score (nSPS) is 15.3. The van der Waals surface area contributed by atoms with E-state index >= 15 is 0 Å². The average Bonchev–Trinajstić information content (AvgIpc) is 2.73. The molecule has 1 amide bonds. The smallest absolute Gasteiger partial charge is 0.407 e. The molecule has 0 aliphatic carbocycles. The van der Waals surface area contributed by atoms with E-state index in [0.717, 1.165) is 43.9 Å². The number of carbonyl (C=O) groups is 1. The molecule has 6 heteroatoms. The molecule has 0 radical (unpaired) electrons. The first-order valence-corrected chi connectivity index (χ1v) is 11.1. The third-order valence-corrected chi connectivity index (χ3v) is 5.10. The molecule has 0 saturated carbocycles. The Morgan fingerprint density at radius 1 is 1.03 bits per heavy atom. The summed E-state index contributed by atoms with van der Waals surface area (Å²) < 4.78 is 10.9. The number of alkyl carbamates (subject to hydrolysis) is 1. The Bertz CT molecular complexity index is 795. The molecule has 168 valence electrons. The first kappa shape index (κ1) is 22.9. The number of nitrogens with zero attached hydrogens (tertiary/aromatic N) is 1. The zero-order chi connectivity index (χ0) is 22.1. The second kappa shape index (κ2) is 11.0. The lowest BCUT2D eigenvalue weighted by Gasteiger charge is -2.33. The summed E-state index contributed by atoms with van der Waals surface area (Å²) in [6.07, 6.45) is 1.86. The molecule has 31 heavy (non-hydrogen) atoms. The van der Waals surface area contributed by atoms with E-state index in [-0.39, 0.29) is 0 Å². The molecule has 2 aromatic rings. The minimum atomic E-state index is -0.494. The summed E-state index contributed by atoms with van der Waals surface area (Å²) in [5.74, 6) is 0.786. The number of nitrogens with one attached hydrogen (secondary N) is 2. The molecule has 0 unspecified atom stereocenters. The number of likely N-dealkylation sites (tertiary alicyclic amines) is 1. The SMILES string of the molecule is CC(C)(C)OC(=O)NCCOc1ccc(NC2CCN(Cc3ccccc3)CC2)cc1. The lowest BCUT2D eigenvalue weighted by atomic mass is 10.0. The van der Waals surface area contributed by atoms with Crippen molar-refractivity contribution in [2.45, 2.75) is 51.8 Å². The third kappa shape index (κ3) is 8.50. The van der Waals surface area contributed by atoms with Crippen LogP contribution in [0.1, 0.15) is 39.2 Å². The molecule has 2 N–H and O–H groups in total. The highest BCUT2D eigenvalue weighted by Crippen LogP contribution is 2.20. The Morgan fingerprint density at radius 3 is 2.35 bits per heavy atom. The van der Waals surface area contributed by atoms with Crippen LogP contribution in [0.25, 0.3) is 0 Å². The maximum absolute atomic E-state index is 11.6. The van der Waals surface area contributed by atoms with Gasteiger partial charge in [0.15, 0.2) is 0 Å². The highest BCUT2D eigenvalue weighted by Gasteiger charge is 2.19. The Morgan fingerprint density at radius 2 is 1.71 bits per heavy atom. The molecule has 1 aliphatic rings. The number of hydrogen-bond acceptors (Lipinski definition) is 5. The van der Waals surface area contributed by atoms with E-state index in [2.05, 4.69) is 45.9 Å². The van der Waals surface area contributed by atoms with Gasteiger partial charge in [-0.3, -0.25) is 4.90 Å². The lowest BCUT2D eigenvalue weighted by Crippen LogP contribution is -2.38. The first-order valence-electron chi connectivity index (χ1n) is 11.1. The van der Waals surface area contributed by atoms with Crippen LogP contribution in [0.15, 0.2) is 54.6 Å². The van der Waals surface area contributed by atoms with E-state index in [0.29, 0.717) is 19.2 Å².